The van der Waals surface area contributed by atoms with Gasteiger partial charge in [-0.1, -0.05) is 29.3 Å². The Kier molecular flexibility index (Phi) is 5.06. The SMILES string of the molecule is CC(=O)OC[C@@H](CO)c1ccc(Cl)cc1Cl. The third-order valence-corrected chi connectivity index (χ3v) is 2.67. The first-order chi connectivity index (χ1) is 7.54. The van der Waals surface area contributed by atoms with Gasteiger partial charge in [0.05, 0.1) is 6.61 Å². The van der Waals surface area contributed by atoms with Crippen molar-refractivity contribution in [1.29, 1.82) is 0 Å². The van der Waals surface area contributed by atoms with E-state index in [0.717, 1.165) is 5.56 Å². The molecule has 0 fully saturated rings. The van der Waals surface area contributed by atoms with E-state index in [4.69, 9.17) is 27.9 Å². The van der Waals surface area contributed by atoms with Gasteiger partial charge in [-0.2, -0.15) is 0 Å². The summed E-state index contributed by atoms with van der Waals surface area (Å²) in [5, 5.41) is 10.2. The number of carbonyl (C=O) groups excluding carboxylic acids is 1. The normalized spacial score (nSPS) is 12.2. The molecule has 1 N–H and O–H groups in total. The van der Waals surface area contributed by atoms with Crippen molar-refractivity contribution < 1.29 is 14.6 Å². The molecule has 0 heterocycles. The molecule has 0 radical (unpaired) electrons. The number of halogens is 2. The number of rotatable bonds is 4. The minimum atomic E-state index is -0.386. The summed E-state index contributed by atoms with van der Waals surface area (Å²) in [6, 6.07) is 4.99. The van der Waals surface area contributed by atoms with Crippen molar-refractivity contribution in [2.45, 2.75) is 12.8 Å². The van der Waals surface area contributed by atoms with Gasteiger partial charge in [-0.15, -0.1) is 0 Å². The number of benzene rings is 1. The lowest BCUT2D eigenvalue weighted by molar-refractivity contribution is -0.141. The van der Waals surface area contributed by atoms with Crippen LogP contribution < -0.4 is 0 Å². The third kappa shape index (κ3) is 3.67. The zero-order chi connectivity index (χ0) is 12.1. The van der Waals surface area contributed by atoms with Gasteiger partial charge in [0, 0.05) is 22.9 Å². The minimum absolute atomic E-state index is 0.104. The van der Waals surface area contributed by atoms with Crippen molar-refractivity contribution in [2.75, 3.05) is 13.2 Å². The molecule has 88 valence electrons. The number of esters is 1. The second-order valence-corrected chi connectivity index (χ2v) is 4.19. The maximum absolute atomic E-state index is 10.7. The van der Waals surface area contributed by atoms with Gasteiger partial charge in [-0.25, -0.2) is 0 Å². The average Bonchev–Trinajstić information content (AvgIpc) is 2.21. The summed E-state index contributed by atoms with van der Waals surface area (Å²) in [7, 11) is 0. The number of hydrogen-bond acceptors (Lipinski definition) is 3. The molecule has 1 aromatic rings. The fourth-order valence-electron chi connectivity index (χ4n) is 1.29. The molecular weight excluding hydrogens is 251 g/mol. The molecule has 1 rings (SSSR count). The lowest BCUT2D eigenvalue weighted by atomic mass is 10.0. The van der Waals surface area contributed by atoms with Crippen molar-refractivity contribution >= 4 is 29.2 Å². The number of ether oxygens (including phenoxy) is 1. The second-order valence-electron chi connectivity index (χ2n) is 3.35. The van der Waals surface area contributed by atoms with Crippen LogP contribution >= 0.6 is 23.2 Å². The standard InChI is InChI=1S/C11H12Cl2O3/c1-7(15)16-6-8(5-14)10-3-2-9(12)4-11(10)13/h2-4,8,14H,5-6H2,1H3/t8-/m1/s1. The minimum Gasteiger partial charge on any atom is -0.465 e. The van der Waals surface area contributed by atoms with Crippen LogP contribution in [0.4, 0.5) is 0 Å². The van der Waals surface area contributed by atoms with E-state index in [9.17, 15) is 9.90 Å². The zero-order valence-electron chi connectivity index (χ0n) is 8.74. The van der Waals surface area contributed by atoms with Gasteiger partial charge in [0.2, 0.25) is 0 Å². The van der Waals surface area contributed by atoms with Gasteiger partial charge in [0.25, 0.3) is 0 Å². The van der Waals surface area contributed by atoms with Gasteiger partial charge in [-0.05, 0) is 17.7 Å². The van der Waals surface area contributed by atoms with E-state index >= 15 is 0 Å². The van der Waals surface area contributed by atoms with Crippen LogP contribution in [0.2, 0.25) is 10.0 Å². The van der Waals surface area contributed by atoms with Gasteiger partial charge < -0.3 is 9.84 Å². The maximum Gasteiger partial charge on any atom is 0.302 e. The summed E-state index contributed by atoms with van der Waals surface area (Å²) in [5.41, 5.74) is 0.717. The molecule has 0 amide bonds. The molecule has 0 aliphatic carbocycles. The van der Waals surface area contributed by atoms with E-state index in [0.29, 0.717) is 10.0 Å². The summed E-state index contributed by atoms with van der Waals surface area (Å²) in [6.07, 6.45) is 0. The van der Waals surface area contributed by atoms with E-state index in [2.05, 4.69) is 0 Å². The quantitative estimate of drug-likeness (QED) is 0.849. The average molecular weight is 263 g/mol. The van der Waals surface area contributed by atoms with Crippen LogP contribution in [0.25, 0.3) is 0 Å². The molecule has 0 spiro atoms. The highest BCUT2D eigenvalue weighted by Gasteiger charge is 2.15. The lowest BCUT2D eigenvalue weighted by Gasteiger charge is -2.15. The monoisotopic (exact) mass is 262 g/mol. The largest absolute Gasteiger partial charge is 0.465 e. The Morgan fingerprint density at radius 2 is 2.19 bits per heavy atom. The zero-order valence-corrected chi connectivity index (χ0v) is 10.3. The number of hydrogen-bond donors (Lipinski definition) is 1. The van der Waals surface area contributed by atoms with Gasteiger partial charge in [0.1, 0.15) is 6.61 Å². The fraction of sp³-hybridized carbons (Fsp3) is 0.364. The molecule has 1 atom stereocenters. The van der Waals surface area contributed by atoms with Crippen LogP contribution in [0.15, 0.2) is 18.2 Å². The smallest absolute Gasteiger partial charge is 0.302 e. The molecule has 1 aromatic carbocycles. The Balaban J connectivity index is 2.82. The first kappa shape index (κ1) is 13.3. The highest BCUT2D eigenvalue weighted by molar-refractivity contribution is 6.35. The number of carbonyl (C=O) groups is 1. The predicted octanol–water partition coefficient (Wildman–Crippen LogP) is 2.63. The first-order valence-corrected chi connectivity index (χ1v) is 5.49. The summed E-state index contributed by atoms with van der Waals surface area (Å²) in [4.78, 5) is 10.7. The molecule has 0 aromatic heterocycles. The van der Waals surface area contributed by atoms with Crippen molar-refractivity contribution in [3.63, 3.8) is 0 Å². The Morgan fingerprint density at radius 1 is 1.50 bits per heavy atom. The molecular formula is C11H12Cl2O3. The lowest BCUT2D eigenvalue weighted by Crippen LogP contribution is -2.14. The predicted molar refractivity (Wildman–Crippen MR) is 62.9 cm³/mol. The van der Waals surface area contributed by atoms with Crippen LogP contribution in [0, 0.1) is 0 Å². The highest BCUT2D eigenvalue weighted by Crippen LogP contribution is 2.27. The molecule has 0 aliphatic rings. The van der Waals surface area contributed by atoms with Crippen molar-refractivity contribution in [3.8, 4) is 0 Å². The van der Waals surface area contributed by atoms with Crippen molar-refractivity contribution in [3.05, 3.63) is 33.8 Å². The fourth-order valence-corrected chi connectivity index (χ4v) is 1.85. The first-order valence-electron chi connectivity index (χ1n) is 4.73. The van der Waals surface area contributed by atoms with E-state index < -0.39 is 0 Å². The molecule has 0 aliphatic heterocycles. The van der Waals surface area contributed by atoms with Crippen LogP contribution in [-0.4, -0.2) is 24.3 Å². The molecule has 16 heavy (non-hydrogen) atoms. The van der Waals surface area contributed by atoms with Crippen LogP contribution in [0.5, 0.6) is 0 Å². The number of aliphatic hydroxyl groups is 1. The second kappa shape index (κ2) is 6.09. The van der Waals surface area contributed by atoms with Crippen LogP contribution in [0.1, 0.15) is 18.4 Å². The summed E-state index contributed by atoms with van der Waals surface area (Å²) < 4.78 is 4.84. The molecule has 0 unspecified atom stereocenters. The Hall–Kier alpha value is -0.770. The summed E-state index contributed by atoms with van der Waals surface area (Å²) in [6.45, 7) is 1.28. The topological polar surface area (TPSA) is 46.5 Å². The van der Waals surface area contributed by atoms with Crippen LogP contribution in [-0.2, 0) is 9.53 Å². The summed E-state index contributed by atoms with van der Waals surface area (Å²) in [5.74, 6) is -0.711. The maximum atomic E-state index is 10.7. The molecule has 0 saturated carbocycles. The van der Waals surface area contributed by atoms with E-state index in [1.54, 1.807) is 18.2 Å². The van der Waals surface area contributed by atoms with E-state index in [-0.39, 0.29) is 25.1 Å². The van der Waals surface area contributed by atoms with E-state index in [1.807, 2.05) is 0 Å². The molecule has 0 saturated heterocycles. The molecule has 0 bridgehead atoms. The van der Waals surface area contributed by atoms with Gasteiger partial charge in [0.15, 0.2) is 0 Å². The molecule has 3 nitrogen and oxygen atoms in total. The highest BCUT2D eigenvalue weighted by atomic mass is 35.5. The third-order valence-electron chi connectivity index (χ3n) is 2.11. The Bertz CT molecular complexity index is 379. The molecule has 5 heteroatoms. The van der Waals surface area contributed by atoms with Gasteiger partial charge in [-0.3, -0.25) is 4.79 Å². The van der Waals surface area contributed by atoms with Gasteiger partial charge >= 0.3 is 5.97 Å². The summed E-state index contributed by atoms with van der Waals surface area (Å²) >= 11 is 11.7. The van der Waals surface area contributed by atoms with Crippen molar-refractivity contribution in [2.24, 2.45) is 0 Å². The van der Waals surface area contributed by atoms with Crippen LogP contribution in [0.3, 0.4) is 0 Å². The van der Waals surface area contributed by atoms with E-state index in [1.165, 1.54) is 6.92 Å². The van der Waals surface area contributed by atoms with Crippen molar-refractivity contribution in [1.82, 2.24) is 0 Å². The Labute approximate surface area is 104 Å². The number of aliphatic hydroxyl groups excluding tert-OH is 1. The Morgan fingerprint density at radius 3 is 2.69 bits per heavy atom.